The fraction of sp³-hybridized carbons (Fsp3) is 1.00. The van der Waals surface area contributed by atoms with Crippen LogP contribution in [-0.4, -0.2) is 22.7 Å². The topological polar surface area (TPSA) is 58.9 Å². The second-order valence-corrected chi connectivity index (χ2v) is 8.72. The largest absolute Gasteiger partial charge is 0.252 e. The predicted octanol–water partition coefficient (Wildman–Crippen LogP) is 5.34. The molecule has 0 saturated carbocycles. The summed E-state index contributed by atoms with van der Waals surface area (Å²) in [7, 11) is 0. The molecule has 0 rings (SSSR count). The quantitative estimate of drug-likeness (QED) is 0.445. The molecule has 0 amide bonds. The molecular weight excluding hydrogens is 280 g/mol. The van der Waals surface area contributed by atoms with Crippen molar-refractivity contribution in [2.45, 2.75) is 81.4 Å². The first-order valence-electron chi connectivity index (χ1n) is 8.46. The summed E-state index contributed by atoms with van der Waals surface area (Å²) in [5, 5.41) is 19.0. The van der Waals surface area contributed by atoms with E-state index in [1.54, 1.807) is 0 Å². The lowest BCUT2D eigenvalue weighted by molar-refractivity contribution is -0.343. The van der Waals surface area contributed by atoms with E-state index < -0.39 is 0 Å². The van der Waals surface area contributed by atoms with Crippen molar-refractivity contribution in [3.05, 3.63) is 0 Å². The summed E-state index contributed by atoms with van der Waals surface area (Å²) in [6.45, 7) is 21.0. The SMILES string of the molecule is CC(C(C)C(OO)C(C)(C)C(C)C)C(OO)C(C)(C)C(C)C. The number of rotatable bonds is 9. The Morgan fingerprint density at radius 2 is 0.818 bits per heavy atom. The normalized spacial score (nSPS) is 19.4. The minimum absolute atomic E-state index is 0.0255. The molecule has 4 heteroatoms. The second kappa shape index (κ2) is 8.09. The van der Waals surface area contributed by atoms with Crippen molar-refractivity contribution in [2.75, 3.05) is 0 Å². The minimum Gasteiger partial charge on any atom is -0.252 e. The average molecular weight is 318 g/mol. The fourth-order valence-electron chi connectivity index (χ4n) is 3.03. The average Bonchev–Trinajstić information content (AvgIpc) is 2.38. The van der Waals surface area contributed by atoms with Gasteiger partial charge in [0.25, 0.3) is 0 Å². The third kappa shape index (κ3) is 4.44. The summed E-state index contributed by atoms with van der Waals surface area (Å²) in [6, 6.07) is 0. The monoisotopic (exact) mass is 318 g/mol. The van der Waals surface area contributed by atoms with Crippen molar-refractivity contribution in [1.82, 2.24) is 0 Å². The van der Waals surface area contributed by atoms with E-state index >= 15 is 0 Å². The summed E-state index contributed by atoms with van der Waals surface area (Å²) in [5.41, 5.74) is -0.380. The van der Waals surface area contributed by atoms with Crippen LogP contribution in [0.15, 0.2) is 0 Å². The first-order chi connectivity index (χ1) is 9.85. The number of hydrogen-bond acceptors (Lipinski definition) is 4. The predicted molar refractivity (Wildman–Crippen MR) is 90.6 cm³/mol. The van der Waals surface area contributed by atoms with E-state index in [0.717, 1.165) is 0 Å². The van der Waals surface area contributed by atoms with Crippen LogP contribution in [0.3, 0.4) is 0 Å². The van der Waals surface area contributed by atoms with Crippen molar-refractivity contribution in [3.63, 3.8) is 0 Å². The Morgan fingerprint density at radius 3 is 0.955 bits per heavy atom. The van der Waals surface area contributed by atoms with E-state index in [-0.39, 0.29) is 34.9 Å². The van der Waals surface area contributed by atoms with E-state index in [4.69, 9.17) is 9.78 Å². The van der Waals surface area contributed by atoms with Gasteiger partial charge in [-0.25, -0.2) is 9.78 Å². The molecule has 0 aliphatic carbocycles. The lowest BCUT2D eigenvalue weighted by Crippen LogP contribution is -2.49. The zero-order valence-electron chi connectivity index (χ0n) is 16.2. The summed E-state index contributed by atoms with van der Waals surface area (Å²) in [4.78, 5) is 9.78. The maximum Gasteiger partial charge on any atom is 0.101 e. The summed E-state index contributed by atoms with van der Waals surface area (Å²) in [5.74, 6) is 0.756. The van der Waals surface area contributed by atoms with E-state index in [1.165, 1.54) is 0 Å². The Morgan fingerprint density at radius 1 is 0.591 bits per heavy atom. The minimum atomic E-state index is -0.330. The lowest BCUT2D eigenvalue weighted by atomic mass is 9.64. The number of hydrogen-bond donors (Lipinski definition) is 2. The zero-order chi connectivity index (χ0) is 17.9. The van der Waals surface area contributed by atoms with Gasteiger partial charge >= 0.3 is 0 Å². The molecule has 0 aromatic carbocycles. The van der Waals surface area contributed by atoms with E-state index in [9.17, 15) is 10.5 Å². The van der Waals surface area contributed by atoms with Crippen LogP contribution in [0.2, 0.25) is 0 Å². The van der Waals surface area contributed by atoms with Crippen molar-refractivity contribution >= 4 is 0 Å². The van der Waals surface area contributed by atoms with Gasteiger partial charge in [-0.05, 0) is 34.5 Å². The van der Waals surface area contributed by atoms with Gasteiger partial charge in [-0.1, -0.05) is 69.2 Å². The highest BCUT2D eigenvalue weighted by Gasteiger charge is 2.45. The Hall–Kier alpha value is -0.160. The molecule has 4 atom stereocenters. The molecule has 0 aliphatic heterocycles. The standard InChI is InChI=1S/C18H38O4/c1-11(2)17(7,8)15(21-19)13(5)14(6)16(22-20)18(9,10)12(3)4/h11-16,19-20H,1-10H3. The van der Waals surface area contributed by atoms with Gasteiger partial charge < -0.3 is 0 Å². The molecule has 0 fully saturated rings. The Kier molecular flexibility index (Phi) is 8.03. The van der Waals surface area contributed by atoms with Gasteiger partial charge in [0.05, 0.1) is 0 Å². The van der Waals surface area contributed by atoms with Crippen LogP contribution in [0.25, 0.3) is 0 Å². The molecule has 134 valence electrons. The van der Waals surface area contributed by atoms with E-state index in [0.29, 0.717) is 11.8 Å². The maximum atomic E-state index is 9.49. The van der Waals surface area contributed by atoms with Gasteiger partial charge in [0.15, 0.2) is 0 Å². The van der Waals surface area contributed by atoms with Gasteiger partial charge in [0, 0.05) is 0 Å². The zero-order valence-corrected chi connectivity index (χ0v) is 16.2. The molecule has 0 heterocycles. The van der Waals surface area contributed by atoms with Crippen molar-refractivity contribution < 1.29 is 20.3 Å². The first-order valence-corrected chi connectivity index (χ1v) is 8.46. The van der Waals surface area contributed by atoms with Gasteiger partial charge in [0.1, 0.15) is 12.2 Å². The molecule has 2 N–H and O–H groups in total. The van der Waals surface area contributed by atoms with E-state index in [2.05, 4.69) is 69.2 Å². The highest BCUT2D eigenvalue weighted by Crippen LogP contribution is 2.43. The van der Waals surface area contributed by atoms with Crippen LogP contribution in [0.1, 0.15) is 69.2 Å². The van der Waals surface area contributed by atoms with Crippen molar-refractivity contribution in [3.8, 4) is 0 Å². The fourth-order valence-corrected chi connectivity index (χ4v) is 3.03. The lowest BCUT2D eigenvalue weighted by Gasteiger charge is -2.45. The third-order valence-electron chi connectivity index (χ3n) is 6.45. The third-order valence-corrected chi connectivity index (χ3v) is 6.45. The molecule has 0 aliphatic rings. The van der Waals surface area contributed by atoms with Crippen molar-refractivity contribution in [1.29, 1.82) is 0 Å². The van der Waals surface area contributed by atoms with Gasteiger partial charge in [-0.15, -0.1) is 0 Å². The molecule has 0 radical (unpaired) electrons. The molecule has 0 spiro atoms. The molecule has 0 aromatic heterocycles. The van der Waals surface area contributed by atoms with E-state index in [1.807, 2.05) is 0 Å². The van der Waals surface area contributed by atoms with Gasteiger partial charge in [0.2, 0.25) is 0 Å². The van der Waals surface area contributed by atoms with Crippen LogP contribution in [0.5, 0.6) is 0 Å². The molecular formula is C18H38O4. The summed E-state index contributed by atoms with van der Waals surface area (Å²) >= 11 is 0. The van der Waals surface area contributed by atoms with Crippen LogP contribution in [0.4, 0.5) is 0 Å². The summed E-state index contributed by atoms with van der Waals surface area (Å²) in [6.07, 6.45) is -0.661. The van der Waals surface area contributed by atoms with Gasteiger partial charge in [-0.2, -0.15) is 0 Å². The van der Waals surface area contributed by atoms with Crippen LogP contribution in [-0.2, 0) is 9.78 Å². The van der Waals surface area contributed by atoms with Gasteiger partial charge in [-0.3, -0.25) is 10.5 Å². The molecule has 0 aromatic rings. The molecule has 4 nitrogen and oxygen atoms in total. The molecule has 22 heavy (non-hydrogen) atoms. The highest BCUT2D eigenvalue weighted by atomic mass is 17.1. The second-order valence-electron chi connectivity index (χ2n) is 8.72. The van der Waals surface area contributed by atoms with Crippen LogP contribution < -0.4 is 0 Å². The Labute approximate surface area is 137 Å². The van der Waals surface area contributed by atoms with Crippen LogP contribution in [0, 0.1) is 34.5 Å². The molecule has 0 bridgehead atoms. The molecule has 0 saturated heterocycles. The summed E-state index contributed by atoms with van der Waals surface area (Å²) < 4.78 is 0. The Balaban J connectivity index is 5.43. The highest BCUT2D eigenvalue weighted by molar-refractivity contribution is 4.92. The van der Waals surface area contributed by atoms with Crippen molar-refractivity contribution in [2.24, 2.45) is 34.5 Å². The maximum absolute atomic E-state index is 9.49. The van der Waals surface area contributed by atoms with Crippen LogP contribution >= 0.6 is 0 Å². The Bertz CT molecular complexity index is 291. The first kappa shape index (κ1) is 21.8. The molecule has 4 unspecified atom stereocenters. The smallest absolute Gasteiger partial charge is 0.101 e.